The average Bonchev–Trinajstić information content (AvgIpc) is 2.70. The maximum absolute atomic E-state index is 13.0. The average molecular weight is 419 g/mol. The quantitative estimate of drug-likeness (QED) is 0.695. The number of benzene rings is 2. The smallest absolute Gasteiger partial charge is 0.317 e. The molecular weight excluding hydrogens is 391 g/mol. The Labute approximate surface area is 177 Å². The Morgan fingerprint density at radius 1 is 1.10 bits per heavy atom. The van der Waals surface area contributed by atoms with Crippen LogP contribution in [0.25, 0.3) is 0 Å². The largest absolute Gasteiger partial charge is 0.323 e. The second-order valence-corrected chi connectivity index (χ2v) is 7.71. The standard InChI is InChI=1S/C22H27FN4O.ClH/c23-18-4-6-19(7-5-18)25-22(28)26-21-3-1-2-17-15-27(13-10-20(17)21)14-16-8-11-24-12-9-16;/h1-7,16,24H,8-15H2,(H2,25,26,28);1H. The van der Waals surface area contributed by atoms with Crippen LogP contribution < -0.4 is 16.0 Å². The summed E-state index contributed by atoms with van der Waals surface area (Å²) in [5.74, 6) is 0.461. The van der Waals surface area contributed by atoms with E-state index in [0.29, 0.717) is 5.69 Å². The summed E-state index contributed by atoms with van der Waals surface area (Å²) in [7, 11) is 0. The lowest BCUT2D eigenvalue weighted by Crippen LogP contribution is -2.38. The van der Waals surface area contributed by atoms with Crippen LogP contribution in [-0.4, -0.2) is 37.1 Å². The van der Waals surface area contributed by atoms with Crippen LogP contribution in [0.15, 0.2) is 42.5 Å². The van der Waals surface area contributed by atoms with E-state index < -0.39 is 0 Å². The van der Waals surface area contributed by atoms with Crippen molar-refractivity contribution >= 4 is 29.8 Å². The predicted molar refractivity (Wildman–Crippen MR) is 117 cm³/mol. The van der Waals surface area contributed by atoms with Gasteiger partial charge in [0, 0.05) is 31.0 Å². The Bertz CT molecular complexity index is 824. The molecule has 2 heterocycles. The number of amides is 2. The molecule has 3 N–H and O–H groups in total. The maximum atomic E-state index is 13.0. The van der Waals surface area contributed by atoms with E-state index in [0.717, 1.165) is 50.7 Å². The molecule has 2 aliphatic rings. The van der Waals surface area contributed by atoms with Gasteiger partial charge in [-0.25, -0.2) is 9.18 Å². The Hall–Kier alpha value is -2.15. The highest BCUT2D eigenvalue weighted by molar-refractivity contribution is 6.00. The van der Waals surface area contributed by atoms with Gasteiger partial charge in [-0.05, 0) is 79.7 Å². The van der Waals surface area contributed by atoms with Crippen LogP contribution in [0.1, 0.15) is 24.0 Å². The molecule has 0 radical (unpaired) electrons. The highest BCUT2D eigenvalue weighted by atomic mass is 35.5. The summed E-state index contributed by atoms with van der Waals surface area (Å²) >= 11 is 0. The lowest BCUT2D eigenvalue weighted by Gasteiger charge is -2.34. The van der Waals surface area contributed by atoms with Crippen LogP contribution in [0.2, 0.25) is 0 Å². The van der Waals surface area contributed by atoms with Crippen molar-refractivity contribution in [3.8, 4) is 0 Å². The molecule has 0 aromatic heterocycles. The molecule has 2 aromatic rings. The summed E-state index contributed by atoms with van der Waals surface area (Å²) in [4.78, 5) is 14.9. The van der Waals surface area contributed by atoms with Gasteiger partial charge in [-0.3, -0.25) is 4.90 Å². The number of rotatable bonds is 4. The second kappa shape index (κ2) is 10.1. The Balaban J connectivity index is 0.00000240. The number of nitrogens with zero attached hydrogens (tertiary/aromatic N) is 1. The summed E-state index contributed by atoms with van der Waals surface area (Å²) < 4.78 is 13.0. The molecule has 7 heteroatoms. The van der Waals surface area contributed by atoms with Crippen molar-refractivity contribution < 1.29 is 9.18 Å². The molecular formula is C22H28ClFN4O. The Morgan fingerprint density at radius 2 is 1.86 bits per heavy atom. The van der Waals surface area contributed by atoms with E-state index in [1.54, 1.807) is 12.1 Å². The van der Waals surface area contributed by atoms with Crippen LogP contribution in [-0.2, 0) is 13.0 Å². The van der Waals surface area contributed by atoms with Crippen LogP contribution >= 0.6 is 12.4 Å². The molecule has 5 nitrogen and oxygen atoms in total. The lowest BCUT2D eigenvalue weighted by atomic mass is 9.94. The van der Waals surface area contributed by atoms with Crippen LogP contribution in [0.3, 0.4) is 0 Å². The molecule has 0 spiro atoms. The molecule has 0 bridgehead atoms. The topological polar surface area (TPSA) is 56.4 Å². The van der Waals surface area contributed by atoms with Crippen molar-refractivity contribution in [2.75, 3.05) is 36.8 Å². The van der Waals surface area contributed by atoms with Crippen molar-refractivity contribution in [2.24, 2.45) is 5.92 Å². The minimum absolute atomic E-state index is 0. The number of halogens is 2. The Kier molecular flexibility index (Phi) is 7.47. The fourth-order valence-electron chi connectivity index (χ4n) is 4.19. The molecule has 2 aliphatic heterocycles. The maximum Gasteiger partial charge on any atom is 0.323 e. The van der Waals surface area contributed by atoms with E-state index in [2.05, 4.69) is 26.9 Å². The van der Waals surface area contributed by atoms with E-state index >= 15 is 0 Å². The van der Waals surface area contributed by atoms with Gasteiger partial charge in [0.25, 0.3) is 0 Å². The third kappa shape index (κ3) is 5.69. The molecule has 1 fully saturated rings. The number of urea groups is 1. The van der Waals surface area contributed by atoms with Crippen molar-refractivity contribution in [2.45, 2.75) is 25.8 Å². The molecule has 0 saturated carbocycles. The fraction of sp³-hybridized carbons (Fsp3) is 0.409. The van der Waals surface area contributed by atoms with Crippen LogP contribution in [0.4, 0.5) is 20.6 Å². The molecule has 1 saturated heterocycles. The van der Waals surface area contributed by atoms with E-state index in [-0.39, 0.29) is 24.3 Å². The minimum atomic E-state index is -0.322. The van der Waals surface area contributed by atoms with Crippen LogP contribution in [0.5, 0.6) is 0 Å². The van der Waals surface area contributed by atoms with E-state index in [1.165, 1.54) is 36.1 Å². The normalized spacial score (nSPS) is 17.1. The Morgan fingerprint density at radius 3 is 2.62 bits per heavy atom. The number of carbonyl (C=O) groups is 1. The molecule has 29 heavy (non-hydrogen) atoms. The SMILES string of the molecule is Cl.O=C(Nc1ccc(F)cc1)Nc1cccc2c1CCN(CC1CCNCC1)C2. The van der Waals surface area contributed by atoms with Crippen LogP contribution in [0, 0.1) is 11.7 Å². The third-order valence-electron chi connectivity index (χ3n) is 5.67. The first-order chi connectivity index (χ1) is 13.7. The zero-order valence-corrected chi connectivity index (χ0v) is 17.2. The lowest BCUT2D eigenvalue weighted by molar-refractivity contribution is 0.191. The molecule has 2 aromatic carbocycles. The summed E-state index contributed by atoms with van der Waals surface area (Å²) in [6.07, 6.45) is 3.45. The van der Waals surface area contributed by atoms with Gasteiger partial charge in [0.05, 0.1) is 0 Å². The molecule has 4 rings (SSSR count). The van der Waals surface area contributed by atoms with Crippen molar-refractivity contribution in [1.82, 2.24) is 10.2 Å². The molecule has 0 atom stereocenters. The van der Waals surface area contributed by atoms with E-state index in [9.17, 15) is 9.18 Å². The summed E-state index contributed by atoms with van der Waals surface area (Å²) in [6, 6.07) is 11.6. The first kappa shape index (κ1) is 21.6. The third-order valence-corrected chi connectivity index (χ3v) is 5.67. The van der Waals surface area contributed by atoms with Gasteiger partial charge in [-0.2, -0.15) is 0 Å². The van der Waals surface area contributed by atoms with E-state index in [4.69, 9.17) is 0 Å². The first-order valence-corrected chi connectivity index (χ1v) is 10.0. The number of nitrogens with one attached hydrogen (secondary N) is 3. The van der Waals surface area contributed by atoms with Crippen molar-refractivity contribution in [3.63, 3.8) is 0 Å². The van der Waals surface area contributed by atoms with Crippen molar-refractivity contribution in [1.29, 1.82) is 0 Å². The minimum Gasteiger partial charge on any atom is -0.317 e. The van der Waals surface area contributed by atoms with Gasteiger partial charge >= 0.3 is 6.03 Å². The summed E-state index contributed by atoms with van der Waals surface area (Å²) in [6.45, 7) is 5.38. The first-order valence-electron chi connectivity index (χ1n) is 10.0. The number of anilines is 2. The summed E-state index contributed by atoms with van der Waals surface area (Å²) in [5.41, 5.74) is 3.94. The number of fused-ring (bicyclic) bond motifs is 1. The molecule has 0 unspecified atom stereocenters. The monoisotopic (exact) mass is 418 g/mol. The molecule has 156 valence electrons. The van der Waals surface area contributed by atoms with Gasteiger partial charge in [0.15, 0.2) is 0 Å². The summed E-state index contributed by atoms with van der Waals surface area (Å²) in [5, 5.41) is 9.14. The predicted octanol–water partition coefficient (Wildman–Crippen LogP) is 4.25. The highest BCUT2D eigenvalue weighted by Crippen LogP contribution is 2.27. The number of hydrogen-bond donors (Lipinski definition) is 3. The van der Waals surface area contributed by atoms with Gasteiger partial charge in [0.2, 0.25) is 0 Å². The number of hydrogen-bond acceptors (Lipinski definition) is 3. The molecule has 0 aliphatic carbocycles. The van der Waals surface area contributed by atoms with Gasteiger partial charge in [0.1, 0.15) is 5.82 Å². The van der Waals surface area contributed by atoms with Gasteiger partial charge < -0.3 is 16.0 Å². The van der Waals surface area contributed by atoms with Gasteiger partial charge in [-0.15, -0.1) is 12.4 Å². The second-order valence-electron chi connectivity index (χ2n) is 7.71. The number of carbonyl (C=O) groups excluding carboxylic acids is 1. The zero-order valence-electron chi connectivity index (χ0n) is 16.4. The highest BCUT2D eigenvalue weighted by Gasteiger charge is 2.23. The van der Waals surface area contributed by atoms with E-state index in [1.807, 2.05) is 12.1 Å². The zero-order chi connectivity index (χ0) is 19.3. The van der Waals surface area contributed by atoms with Gasteiger partial charge in [-0.1, -0.05) is 12.1 Å². The fourth-order valence-corrected chi connectivity index (χ4v) is 4.19. The van der Waals surface area contributed by atoms with Crippen molar-refractivity contribution in [3.05, 3.63) is 59.4 Å². The molecule has 2 amide bonds. The number of piperidine rings is 1.